The number of carbonyl (C=O) groups is 6. The number of rotatable bonds is 7. The maximum Gasteiger partial charge on any atom is 0.410 e. The van der Waals surface area contributed by atoms with Crippen molar-refractivity contribution >= 4 is 58.7 Å². The molecule has 1 N–H and O–H groups in total. The van der Waals surface area contributed by atoms with Gasteiger partial charge in [0.1, 0.15) is 0 Å². The van der Waals surface area contributed by atoms with E-state index in [1.807, 2.05) is 71.6 Å². The average molecular weight is 1580 g/mol. The molecule has 0 radical (unpaired) electrons. The molecule has 12 heterocycles. The zero-order valence-corrected chi connectivity index (χ0v) is 71.6. The van der Waals surface area contributed by atoms with E-state index >= 15 is 0 Å². The lowest BCUT2D eigenvalue weighted by Crippen LogP contribution is -2.55. The van der Waals surface area contributed by atoms with Crippen molar-refractivity contribution < 1.29 is 38.2 Å². The number of anilines is 4. The maximum absolute atomic E-state index is 12.8. The number of ether oxygens (including phenoxy) is 2. The van der Waals surface area contributed by atoms with Gasteiger partial charge in [0.25, 0.3) is 0 Å². The zero-order chi connectivity index (χ0) is 80.4. The molecular weight excluding hydrogens is 1440 g/mol. The summed E-state index contributed by atoms with van der Waals surface area (Å²) in [7, 11) is 5.61. The Kier molecular flexibility index (Phi) is 25.6. The smallest absolute Gasteiger partial charge is 0.410 e. The molecular formula is C96H139N11O8. The van der Waals surface area contributed by atoms with Crippen molar-refractivity contribution in [3.8, 4) is 0 Å². The third-order valence-corrected chi connectivity index (χ3v) is 31.3. The summed E-state index contributed by atoms with van der Waals surface area (Å²) in [6, 6.07) is 37.8. The normalized spacial score (nSPS) is 28.6. The predicted molar refractivity (Wildman–Crippen MR) is 459 cm³/mol. The van der Waals surface area contributed by atoms with Crippen LogP contribution in [0.5, 0.6) is 0 Å². The Hall–Kier alpha value is -7.06. The first-order valence-corrected chi connectivity index (χ1v) is 45.5. The number of likely N-dealkylation sites (tertiary alicyclic amines) is 4. The molecule has 6 bridgehead atoms. The van der Waals surface area contributed by atoms with Crippen molar-refractivity contribution in [3.63, 3.8) is 0 Å². The summed E-state index contributed by atoms with van der Waals surface area (Å²) in [5.74, 6) is 2.60. The Bertz CT molecular complexity index is 4010. The van der Waals surface area contributed by atoms with E-state index in [4.69, 9.17) is 9.47 Å². The van der Waals surface area contributed by atoms with Crippen LogP contribution in [0.4, 0.5) is 37.1 Å². The van der Waals surface area contributed by atoms with Crippen molar-refractivity contribution in [2.24, 2.45) is 17.3 Å². The van der Waals surface area contributed by atoms with E-state index in [9.17, 15) is 28.8 Å². The van der Waals surface area contributed by atoms with Crippen LogP contribution in [0, 0.1) is 17.3 Å². The fourth-order valence-electron chi connectivity index (χ4n) is 24.9. The molecule has 2 saturated carbocycles. The van der Waals surface area contributed by atoms with Crippen LogP contribution in [0.25, 0.3) is 0 Å². The van der Waals surface area contributed by atoms with E-state index < -0.39 is 0 Å². The summed E-state index contributed by atoms with van der Waals surface area (Å²) in [4.78, 5) is 97.1. The molecule has 626 valence electrons. The second-order valence-corrected chi connectivity index (χ2v) is 39.1. The third-order valence-electron chi connectivity index (χ3n) is 31.3. The van der Waals surface area contributed by atoms with Crippen LogP contribution < -0.4 is 20.0 Å². The fraction of sp³-hybridized carbons (Fsp3) is 0.688. The Balaban J connectivity index is 0.000000121. The van der Waals surface area contributed by atoms with Gasteiger partial charge in [0.05, 0.1) is 13.2 Å². The van der Waals surface area contributed by atoms with E-state index in [0.717, 1.165) is 189 Å². The monoisotopic (exact) mass is 1570 g/mol. The minimum atomic E-state index is -0.116. The van der Waals surface area contributed by atoms with Crippen molar-refractivity contribution in [2.75, 3.05) is 126 Å². The molecule has 6 atom stereocenters. The molecule has 4 spiro atoms. The number of amides is 7. The van der Waals surface area contributed by atoms with Crippen LogP contribution in [-0.2, 0) is 45.5 Å². The number of hydrogen-bond acceptors (Lipinski definition) is 12. The van der Waals surface area contributed by atoms with Crippen LogP contribution in [0.15, 0.2) is 97.1 Å². The van der Waals surface area contributed by atoms with Crippen molar-refractivity contribution in [1.82, 2.24) is 34.3 Å². The van der Waals surface area contributed by atoms with Gasteiger partial charge in [-0.25, -0.2) is 14.4 Å². The van der Waals surface area contributed by atoms with Gasteiger partial charge in [0.2, 0.25) is 17.7 Å². The van der Waals surface area contributed by atoms with Gasteiger partial charge < -0.3 is 58.9 Å². The summed E-state index contributed by atoms with van der Waals surface area (Å²) >= 11 is 0. The first-order chi connectivity index (χ1) is 55.5. The molecule has 0 aromatic heterocycles. The summed E-state index contributed by atoms with van der Waals surface area (Å²) in [5.41, 5.74) is 11.1. The molecule has 14 aliphatic rings. The highest BCUT2D eigenvalue weighted by Crippen LogP contribution is 2.53. The van der Waals surface area contributed by atoms with Crippen LogP contribution >= 0.6 is 0 Å². The Morgan fingerprint density at radius 2 is 0.843 bits per heavy atom. The van der Waals surface area contributed by atoms with Crippen LogP contribution in [0.3, 0.4) is 0 Å². The topological polar surface area (TPSA) is 165 Å². The summed E-state index contributed by atoms with van der Waals surface area (Å²) in [6.07, 6.45) is 34.3. The number of carbonyl (C=O) groups excluding carboxylic acids is 6. The Morgan fingerprint density at radius 1 is 0.452 bits per heavy atom. The second-order valence-electron chi connectivity index (χ2n) is 39.1. The fourth-order valence-corrected chi connectivity index (χ4v) is 24.9. The van der Waals surface area contributed by atoms with Gasteiger partial charge in [-0.2, -0.15) is 0 Å². The van der Waals surface area contributed by atoms with Gasteiger partial charge in [-0.15, -0.1) is 0 Å². The van der Waals surface area contributed by atoms with Crippen molar-refractivity contribution in [2.45, 2.75) is 298 Å². The lowest BCUT2D eigenvalue weighted by atomic mass is 9.69. The van der Waals surface area contributed by atoms with Gasteiger partial charge in [-0.1, -0.05) is 106 Å². The van der Waals surface area contributed by atoms with Crippen molar-refractivity contribution in [1.29, 1.82) is 0 Å². The van der Waals surface area contributed by atoms with E-state index in [2.05, 4.69) is 131 Å². The second kappa shape index (κ2) is 35.5. The molecule has 10 fully saturated rings. The molecule has 4 aromatic carbocycles. The number of nitrogens with one attached hydrogen (secondary N) is 1. The number of nitrogens with zero attached hydrogens (tertiary/aromatic N) is 10. The molecule has 115 heavy (non-hydrogen) atoms. The third kappa shape index (κ3) is 17.7. The highest BCUT2D eigenvalue weighted by atomic mass is 16.6. The standard InChI is InChI=1S/C26H37N3O3.C25H35N3O3.C23H37N3O.C22H30N2O/c1-3-32-25(31)29-20-9-10-21(29)18-22(17-20)27-15-12-26(13-16-27)11-6-14-28(19(2)30)24-8-5-4-7-23(24)26;1-3-31-24(30)28-18-8-9-19(28)17-20(16-18)27-14-12-25(13-15-27)11-10-23(29)26(2)22-7-5-4-6-21(22)25;1-22(2,3)12-16-25-17-13-23(14-18-25)11-8-15-26(21(27)24(4)5)20-10-7-6-9-19(20)23;25-21-7-8-22(19-3-1-2-4-20(19)23-21)9-11-24(12-10-22)18-14-16-5-6-17(13-16)15-18/h4-5,7-8,20-22H,3,6,9-18H2,1-2H3;4-7,18-20H,3,8-17H2,1-2H3;6-7,9-10H,8,11-18H2,1-5H3;1-4,16-18H,5-15H2,(H,23,25). The van der Waals surface area contributed by atoms with Gasteiger partial charge >= 0.3 is 18.2 Å². The van der Waals surface area contributed by atoms with Crippen LogP contribution in [-0.4, -0.2) is 219 Å². The number of para-hydroxylation sites is 4. The van der Waals surface area contributed by atoms with Gasteiger partial charge in [-0.05, 0) is 314 Å². The van der Waals surface area contributed by atoms with E-state index in [0.29, 0.717) is 67.7 Å². The Morgan fingerprint density at radius 3 is 1.30 bits per heavy atom. The minimum Gasteiger partial charge on any atom is -0.450 e. The summed E-state index contributed by atoms with van der Waals surface area (Å²) in [6.45, 7) is 25.4. The van der Waals surface area contributed by atoms with Crippen LogP contribution in [0.1, 0.15) is 256 Å². The summed E-state index contributed by atoms with van der Waals surface area (Å²) < 4.78 is 10.7. The first kappa shape index (κ1) is 83.0. The Labute approximate surface area is 688 Å². The van der Waals surface area contributed by atoms with Gasteiger partial charge in [0.15, 0.2) is 0 Å². The molecule has 2 aliphatic carbocycles. The molecule has 19 heteroatoms. The van der Waals surface area contributed by atoms with E-state index in [1.165, 1.54) is 126 Å². The average Bonchev–Trinajstić information content (AvgIpc) is 1.72. The minimum absolute atomic E-state index is 0.0992. The van der Waals surface area contributed by atoms with Gasteiger partial charge in [0, 0.05) is 130 Å². The molecule has 6 unspecified atom stereocenters. The van der Waals surface area contributed by atoms with Gasteiger partial charge in [-0.3, -0.25) is 19.3 Å². The summed E-state index contributed by atoms with van der Waals surface area (Å²) in [5, 5.41) is 3.14. The maximum atomic E-state index is 12.8. The molecule has 12 aliphatic heterocycles. The number of fused-ring (bicyclic) bond motifs is 14. The van der Waals surface area contributed by atoms with Crippen molar-refractivity contribution in [3.05, 3.63) is 119 Å². The number of benzene rings is 4. The van der Waals surface area contributed by atoms with Crippen LogP contribution in [0.2, 0.25) is 0 Å². The zero-order valence-electron chi connectivity index (χ0n) is 71.6. The molecule has 19 nitrogen and oxygen atoms in total. The molecule has 7 amide bonds. The highest BCUT2D eigenvalue weighted by Gasteiger charge is 2.52. The number of piperidine rings is 6. The first-order valence-electron chi connectivity index (χ1n) is 45.5. The quantitative estimate of drug-likeness (QED) is 0.186. The highest BCUT2D eigenvalue weighted by molar-refractivity contribution is 5.96. The molecule has 8 saturated heterocycles. The lowest BCUT2D eigenvalue weighted by Gasteiger charge is -2.48. The number of urea groups is 1. The predicted octanol–water partition coefficient (Wildman–Crippen LogP) is 17.3. The molecule has 4 aromatic rings. The SMILES string of the molecule is CCOC(=O)N1C2CCC1CC(N1CCC3(CCC(=O)N(C)c4ccccc43)CC1)C2.CCOC(=O)N1C2CCC1CC(N1CCC3(CCCN(C(C)=O)c4ccccc43)CC1)C2.CN(C)C(=O)N1CCCC2(CCN(CCC(C)(C)C)CC2)c2ccccc21.O=C1CCC2(CCN(C3CC4CCC(C4)C3)CC2)c2ccccc2N1. The van der Waals surface area contributed by atoms with E-state index in [-0.39, 0.29) is 57.6 Å². The lowest BCUT2D eigenvalue weighted by molar-refractivity contribution is -0.119. The van der Waals surface area contributed by atoms with E-state index in [1.54, 1.807) is 11.8 Å². The number of hydrogen-bond donors (Lipinski definition) is 1. The largest absolute Gasteiger partial charge is 0.450 e. The molecule has 18 rings (SSSR count).